The Balaban J connectivity index is 1.96. The fraction of sp³-hybridized carbons (Fsp3) is 0.467. The maximum Gasteiger partial charge on any atom is 0.307 e. The Morgan fingerprint density at radius 3 is 2.52 bits per heavy atom. The van der Waals surface area contributed by atoms with Gasteiger partial charge in [-0.15, -0.1) is 0 Å². The van der Waals surface area contributed by atoms with Crippen molar-refractivity contribution in [2.75, 3.05) is 7.11 Å². The fourth-order valence-electron chi connectivity index (χ4n) is 2.71. The van der Waals surface area contributed by atoms with Crippen LogP contribution in [-0.2, 0) is 16.1 Å². The number of hydrogen-bond donors (Lipinski definition) is 2. The van der Waals surface area contributed by atoms with Crippen LogP contribution in [0.15, 0.2) is 22.7 Å². The molecule has 21 heavy (non-hydrogen) atoms. The third-order valence-electron chi connectivity index (χ3n) is 4.06. The van der Waals surface area contributed by atoms with Crippen molar-refractivity contribution in [3.63, 3.8) is 0 Å². The monoisotopic (exact) mass is 355 g/mol. The van der Waals surface area contributed by atoms with Crippen molar-refractivity contribution >= 4 is 27.8 Å². The van der Waals surface area contributed by atoms with Crippen LogP contribution in [0.3, 0.4) is 0 Å². The summed E-state index contributed by atoms with van der Waals surface area (Å²) in [5, 5.41) is 11.9. The van der Waals surface area contributed by atoms with Crippen LogP contribution < -0.4 is 10.1 Å². The number of aliphatic carboxylic acids is 1. The first-order valence-corrected chi connectivity index (χ1v) is 7.41. The second-order valence-corrected chi connectivity index (χ2v) is 6.66. The van der Waals surface area contributed by atoms with Gasteiger partial charge in [0.15, 0.2) is 0 Å². The van der Waals surface area contributed by atoms with Crippen molar-refractivity contribution < 1.29 is 19.4 Å². The largest absolute Gasteiger partial charge is 0.496 e. The summed E-state index contributed by atoms with van der Waals surface area (Å²) < 4.78 is 5.95. The molecule has 0 bridgehead atoms. The van der Waals surface area contributed by atoms with E-state index in [1.165, 1.54) is 0 Å². The van der Waals surface area contributed by atoms with Crippen molar-refractivity contribution in [3.8, 4) is 5.75 Å². The van der Waals surface area contributed by atoms with Crippen LogP contribution in [0.5, 0.6) is 5.75 Å². The van der Waals surface area contributed by atoms with Crippen molar-refractivity contribution in [1.82, 2.24) is 5.32 Å². The SMILES string of the molecule is COc1ccc(CNC(=O)[C@@H]2[C@H](C(=O)O)C2(C)C)cc1Br. The summed E-state index contributed by atoms with van der Waals surface area (Å²) in [6.07, 6.45) is 0. The number of carboxylic acids is 1. The molecule has 0 radical (unpaired) electrons. The van der Waals surface area contributed by atoms with Crippen LogP contribution in [-0.4, -0.2) is 24.1 Å². The van der Waals surface area contributed by atoms with Gasteiger partial charge in [-0.2, -0.15) is 0 Å². The molecule has 2 N–H and O–H groups in total. The lowest BCUT2D eigenvalue weighted by Crippen LogP contribution is -2.26. The average molecular weight is 356 g/mol. The Hall–Kier alpha value is -1.56. The number of methoxy groups -OCH3 is 1. The highest BCUT2D eigenvalue weighted by molar-refractivity contribution is 9.10. The molecule has 1 fully saturated rings. The number of ether oxygens (including phenoxy) is 1. The normalized spacial score (nSPS) is 22.5. The van der Waals surface area contributed by atoms with E-state index in [4.69, 9.17) is 9.84 Å². The molecule has 1 saturated carbocycles. The van der Waals surface area contributed by atoms with E-state index in [2.05, 4.69) is 21.2 Å². The van der Waals surface area contributed by atoms with Gasteiger partial charge >= 0.3 is 5.97 Å². The van der Waals surface area contributed by atoms with E-state index in [0.717, 1.165) is 15.8 Å². The zero-order chi connectivity index (χ0) is 15.8. The van der Waals surface area contributed by atoms with Crippen LogP contribution in [0.2, 0.25) is 0 Å². The number of carbonyl (C=O) groups is 2. The molecule has 0 saturated heterocycles. The van der Waals surface area contributed by atoms with E-state index < -0.39 is 23.2 Å². The van der Waals surface area contributed by atoms with E-state index in [1.807, 2.05) is 18.2 Å². The van der Waals surface area contributed by atoms with Gasteiger partial charge in [0.05, 0.1) is 23.4 Å². The number of benzene rings is 1. The van der Waals surface area contributed by atoms with E-state index in [0.29, 0.717) is 6.54 Å². The summed E-state index contributed by atoms with van der Waals surface area (Å²) in [4.78, 5) is 23.2. The molecule has 1 aliphatic rings. The van der Waals surface area contributed by atoms with Crippen molar-refractivity contribution in [2.24, 2.45) is 17.3 Å². The van der Waals surface area contributed by atoms with Gasteiger partial charge in [0.2, 0.25) is 5.91 Å². The first kappa shape index (κ1) is 15.8. The van der Waals surface area contributed by atoms with Gasteiger partial charge in [-0.3, -0.25) is 9.59 Å². The predicted octanol–water partition coefficient (Wildman–Crippen LogP) is 2.43. The van der Waals surface area contributed by atoms with Crippen molar-refractivity contribution in [1.29, 1.82) is 0 Å². The number of rotatable bonds is 5. The molecule has 5 nitrogen and oxygen atoms in total. The third-order valence-corrected chi connectivity index (χ3v) is 4.68. The second kappa shape index (κ2) is 5.67. The number of carboxylic acid groups (broad SMARTS) is 1. The standard InChI is InChI=1S/C15H18BrNO4/c1-15(2)11(12(15)14(19)20)13(18)17-7-8-4-5-10(21-3)9(16)6-8/h4-6,11-12H,7H2,1-3H3,(H,17,18)(H,19,20)/t11-,12+/m0/s1. The molecule has 0 aromatic heterocycles. The van der Waals surface area contributed by atoms with Gasteiger partial charge < -0.3 is 15.2 Å². The van der Waals surface area contributed by atoms with Crippen LogP contribution in [0.25, 0.3) is 0 Å². The molecule has 1 aliphatic carbocycles. The molecule has 2 atom stereocenters. The molecule has 1 aromatic carbocycles. The molecule has 2 rings (SSSR count). The Morgan fingerprint density at radius 1 is 1.38 bits per heavy atom. The highest BCUT2D eigenvalue weighted by atomic mass is 79.9. The lowest BCUT2D eigenvalue weighted by molar-refractivity contribution is -0.140. The molecule has 0 spiro atoms. The third kappa shape index (κ3) is 3.05. The zero-order valence-electron chi connectivity index (χ0n) is 12.1. The number of hydrogen-bond acceptors (Lipinski definition) is 3. The molecular weight excluding hydrogens is 338 g/mol. The maximum atomic E-state index is 12.1. The Morgan fingerprint density at radius 2 is 2.05 bits per heavy atom. The highest BCUT2D eigenvalue weighted by Crippen LogP contribution is 2.58. The smallest absolute Gasteiger partial charge is 0.307 e. The second-order valence-electron chi connectivity index (χ2n) is 5.80. The summed E-state index contributed by atoms with van der Waals surface area (Å²) >= 11 is 3.39. The van der Waals surface area contributed by atoms with E-state index >= 15 is 0 Å². The number of nitrogens with one attached hydrogen (secondary N) is 1. The Bertz CT molecular complexity index is 585. The van der Waals surface area contributed by atoms with Gasteiger partial charge in [0.1, 0.15) is 5.75 Å². The Kier molecular flexibility index (Phi) is 4.27. The number of amides is 1. The first-order valence-electron chi connectivity index (χ1n) is 6.62. The summed E-state index contributed by atoms with van der Waals surface area (Å²) in [6.45, 7) is 3.97. The lowest BCUT2D eigenvalue weighted by atomic mass is 10.1. The first-order chi connectivity index (χ1) is 9.78. The van der Waals surface area contributed by atoms with Gasteiger partial charge in [-0.1, -0.05) is 19.9 Å². The van der Waals surface area contributed by atoms with Crippen LogP contribution in [0, 0.1) is 17.3 Å². The summed E-state index contributed by atoms with van der Waals surface area (Å²) in [6, 6.07) is 5.54. The lowest BCUT2D eigenvalue weighted by Gasteiger charge is -2.08. The average Bonchev–Trinajstić information content (AvgIpc) is 2.99. The Labute approximate surface area is 131 Å². The molecule has 6 heteroatoms. The minimum atomic E-state index is -0.910. The summed E-state index contributed by atoms with van der Waals surface area (Å²) in [5.74, 6) is -1.46. The minimum absolute atomic E-state index is 0.209. The number of halogens is 1. The van der Waals surface area contributed by atoms with E-state index in [-0.39, 0.29) is 5.91 Å². The predicted molar refractivity (Wildman–Crippen MR) is 80.9 cm³/mol. The maximum absolute atomic E-state index is 12.1. The molecule has 0 unspecified atom stereocenters. The van der Waals surface area contributed by atoms with Gasteiger partial charge in [0, 0.05) is 6.54 Å². The zero-order valence-corrected chi connectivity index (χ0v) is 13.7. The number of carbonyl (C=O) groups excluding carboxylic acids is 1. The summed E-state index contributed by atoms with van der Waals surface area (Å²) in [5.41, 5.74) is 0.442. The van der Waals surface area contributed by atoms with Crippen LogP contribution >= 0.6 is 15.9 Å². The topological polar surface area (TPSA) is 75.6 Å². The van der Waals surface area contributed by atoms with Crippen LogP contribution in [0.4, 0.5) is 0 Å². The minimum Gasteiger partial charge on any atom is -0.496 e. The highest BCUT2D eigenvalue weighted by Gasteiger charge is 2.65. The van der Waals surface area contributed by atoms with Crippen molar-refractivity contribution in [3.05, 3.63) is 28.2 Å². The van der Waals surface area contributed by atoms with E-state index in [9.17, 15) is 9.59 Å². The quantitative estimate of drug-likeness (QED) is 0.850. The molecule has 114 valence electrons. The van der Waals surface area contributed by atoms with Gasteiger partial charge in [-0.25, -0.2) is 0 Å². The fourth-order valence-corrected chi connectivity index (χ4v) is 3.30. The molecule has 0 aliphatic heterocycles. The van der Waals surface area contributed by atoms with E-state index in [1.54, 1.807) is 21.0 Å². The van der Waals surface area contributed by atoms with Crippen LogP contribution in [0.1, 0.15) is 19.4 Å². The molecule has 1 amide bonds. The van der Waals surface area contributed by atoms with Crippen molar-refractivity contribution in [2.45, 2.75) is 20.4 Å². The van der Waals surface area contributed by atoms with Gasteiger partial charge in [-0.05, 0) is 39.0 Å². The molecule has 1 aromatic rings. The van der Waals surface area contributed by atoms with Gasteiger partial charge in [0.25, 0.3) is 0 Å². The summed E-state index contributed by atoms with van der Waals surface area (Å²) in [7, 11) is 1.59. The molecular formula is C15H18BrNO4. The molecule has 0 heterocycles.